The Morgan fingerprint density at radius 2 is 2.28 bits per heavy atom. The molecule has 0 spiro atoms. The molecule has 0 bridgehead atoms. The first kappa shape index (κ1) is 11.4. The number of nitrogens with zero attached hydrogens (tertiary/aromatic N) is 2. The summed E-state index contributed by atoms with van der Waals surface area (Å²) >= 11 is 0. The summed E-state index contributed by atoms with van der Waals surface area (Å²) in [7, 11) is 0. The van der Waals surface area contributed by atoms with Crippen molar-refractivity contribution < 1.29 is 9.63 Å². The SMILES string of the molecule is N[C@H](CO)c1nc(C2CCc3ccccc32)no1. The highest BCUT2D eigenvalue weighted by atomic mass is 16.5. The number of aliphatic hydroxyl groups is 1. The average molecular weight is 245 g/mol. The number of fused-ring (bicyclic) bond motifs is 1. The van der Waals surface area contributed by atoms with Crippen molar-refractivity contribution in [2.75, 3.05) is 6.61 Å². The lowest BCUT2D eigenvalue weighted by molar-refractivity contribution is 0.236. The fourth-order valence-electron chi connectivity index (χ4n) is 2.44. The van der Waals surface area contributed by atoms with E-state index in [9.17, 15) is 0 Å². The van der Waals surface area contributed by atoms with Crippen LogP contribution in [0.1, 0.15) is 41.2 Å². The number of aryl methyl sites for hydroxylation is 1. The van der Waals surface area contributed by atoms with Crippen LogP contribution >= 0.6 is 0 Å². The van der Waals surface area contributed by atoms with E-state index in [-0.39, 0.29) is 12.5 Å². The minimum atomic E-state index is -0.595. The zero-order valence-electron chi connectivity index (χ0n) is 9.91. The van der Waals surface area contributed by atoms with Gasteiger partial charge in [0.25, 0.3) is 0 Å². The minimum absolute atomic E-state index is 0.185. The highest BCUT2D eigenvalue weighted by Gasteiger charge is 2.28. The topological polar surface area (TPSA) is 85.2 Å². The summed E-state index contributed by atoms with van der Waals surface area (Å²) in [5.41, 5.74) is 8.27. The fourth-order valence-corrected chi connectivity index (χ4v) is 2.44. The van der Waals surface area contributed by atoms with Crippen LogP contribution < -0.4 is 5.73 Å². The lowest BCUT2D eigenvalue weighted by Gasteiger charge is -2.05. The molecule has 0 saturated heterocycles. The fraction of sp³-hybridized carbons (Fsp3) is 0.385. The van der Waals surface area contributed by atoms with Crippen molar-refractivity contribution in [2.24, 2.45) is 5.73 Å². The lowest BCUT2D eigenvalue weighted by Crippen LogP contribution is -2.15. The Kier molecular flexibility index (Phi) is 2.85. The maximum atomic E-state index is 8.97. The third-order valence-corrected chi connectivity index (χ3v) is 3.42. The Morgan fingerprint density at radius 3 is 3.11 bits per heavy atom. The van der Waals surface area contributed by atoms with E-state index >= 15 is 0 Å². The van der Waals surface area contributed by atoms with Gasteiger partial charge in [0, 0.05) is 5.92 Å². The Labute approximate surface area is 105 Å². The van der Waals surface area contributed by atoms with E-state index in [0.29, 0.717) is 11.7 Å². The van der Waals surface area contributed by atoms with Crippen LogP contribution in [0.15, 0.2) is 28.8 Å². The van der Waals surface area contributed by atoms with Crippen LogP contribution in [0, 0.1) is 0 Å². The molecule has 3 rings (SSSR count). The van der Waals surface area contributed by atoms with Crippen molar-refractivity contribution in [1.29, 1.82) is 0 Å². The molecule has 1 aliphatic carbocycles. The second-order valence-electron chi connectivity index (χ2n) is 4.57. The Bertz CT molecular complexity index is 553. The average Bonchev–Trinajstić information content (AvgIpc) is 3.03. The molecule has 1 aromatic heterocycles. The van der Waals surface area contributed by atoms with Crippen molar-refractivity contribution in [1.82, 2.24) is 10.1 Å². The van der Waals surface area contributed by atoms with Crippen LogP contribution in [0.25, 0.3) is 0 Å². The van der Waals surface area contributed by atoms with E-state index in [1.54, 1.807) is 0 Å². The summed E-state index contributed by atoms with van der Waals surface area (Å²) < 4.78 is 5.10. The highest BCUT2D eigenvalue weighted by Crippen LogP contribution is 2.36. The summed E-state index contributed by atoms with van der Waals surface area (Å²) in [6.07, 6.45) is 2.03. The summed E-state index contributed by atoms with van der Waals surface area (Å²) in [5, 5.41) is 13.0. The zero-order valence-corrected chi connectivity index (χ0v) is 9.91. The third-order valence-electron chi connectivity index (χ3n) is 3.42. The molecule has 1 aliphatic rings. The molecule has 18 heavy (non-hydrogen) atoms. The van der Waals surface area contributed by atoms with Crippen molar-refractivity contribution in [3.8, 4) is 0 Å². The molecule has 3 N–H and O–H groups in total. The quantitative estimate of drug-likeness (QED) is 0.847. The Morgan fingerprint density at radius 1 is 1.44 bits per heavy atom. The van der Waals surface area contributed by atoms with Gasteiger partial charge in [-0.3, -0.25) is 0 Å². The lowest BCUT2D eigenvalue weighted by atomic mass is 10.0. The van der Waals surface area contributed by atoms with Crippen LogP contribution in [0.5, 0.6) is 0 Å². The molecule has 0 radical (unpaired) electrons. The molecule has 5 heteroatoms. The zero-order chi connectivity index (χ0) is 12.5. The van der Waals surface area contributed by atoms with Gasteiger partial charge in [-0.25, -0.2) is 0 Å². The number of aliphatic hydroxyl groups excluding tert-OH is 1. The van der Waals surface area contributed by atoms with Gasteiger partial charge in [-0.05, 0) is 24.0 Å². The van der Waals surface area contributed by atoms with E-state index in [1.807, 2.05) is 12.1 Å². The van der Waals surface area contributed by atoms with E-state index in [0.717, 1.165) is 12.8 Å². The van der Waals surface area contributed by atoms with Gasteiger partial charge in [0.2, 0.25) is 5.89 Å². The van der Waals surface area contributed by atoms with Gasteiger partial charge in [0.05, 0.1) is 6.61 Å². The summed E-state index contributed by atoms with van der Waals surface area (Å²) in [5.74, 6) is 1.15. The largest absolute Gasteiger partial charge is 0.394 e. The van der Waals surface area contributed by atoms with Gasteiger partial charge >= 0.3 is 0 Å². The van der Waals surface area contributed by atoms with Crippen molar-refractivity contribution in [3.63, 3.8) is 0 Å². The predicted octanol–water partition coefficient (Wildman–Crippen LogP) is 1.14. The number of nitrogens with two attached hydrogens (primary N) is 1. The molecule has 2 aromatic rings. The maximum absolute atomic E-state index is 8.97. The standard InChI is InChI=1S/C13H15N3O2/c14-11(7-17)13-15-12(16-18-13)10-6-5-8-3-1-2-4-9(8)10/h1-4,10-11,17H,5-7,14H2/t10?,11-/m1/s1. The third kappa shape index (κ3) is 1.81. The molecule has 1 unspecified atom stereocenters. The van der Waals surface area contributed by atoms with E-state index in [2.05, 4.69) is 22.3 Å². The Hall–Kier alpha value is -1.72. The second-order valence-corrected chi connectivity index (χ2v) is 4.57. The van der Waals surface area contributed by atoms with Crippen LogP contribution in [-0.4, -0.2) is 21.9 Å². The van der Waals surface area contributed by atoms with Crippen molar-refractivity contribution >= 4 is 0 Å². The van der Waals surface area contributed by atoms with Crippen LogP contribution in [0.2, 0.25) is 0 Å². The highest BCUT2D eigenvalue weighted by molar-refractivity contribution is 5.38. The van der Waals surface area contributed by atoms with Gasteiger partial charge < -0.3 is 15.4 Å². The molecule has 0 fully saturated rings. The second kappa shape index (κ2) is 4.51. The number of aromatic nitrogens is 2. The molecular formula is C13H15N3O2. The van der Waals surface area contributed by atoms with E-state index in [4.69, 9.17) is 15.4 Å². The van der Waals surface area contributed by atoms with Gasteiger partial charge in [-0.15, -0.1) is 0 Å². The van der Waals surface area contributed by atoms with Gasteiger partial charge in [-0.1, -0.05) is 29.4 Å². The van der Waals surface area contributed by atoms with Crippen LogP contribution in [-0.2, 0) is 6.42 Å². The Balaban J connectivity index is 1.91. The molecule has 0 aliphatic heterocycles. The van der Waals surface area contributed by atoms with Gasteiger partial charge in [0.1, 0.15) is 6.04 Å². The number of hydrogen-bond donors (Lipinski definition) is 2. The van der Waals surface area contributed by atoms with Gasteiger partial charge in [0.15, 0.2) is 5.82 Å². The molecule has 5 nitrogen and oxygen atoms in total. The molecule has 1 aromatic carbocycles. The van der Waals surface area contributed by atoms with Crippen molar-refractivity contribution in [3.05, 3.63) is 47.1 Å². The number of benzene rings is 1. The number of rotatable bonds is 3. The van der Waals surface area contributed by atoms with Crippen molar-refractivity contribution in [2.45, 2.75) is 24.8 Å². The maximum Gasteiger partial charge on any atom is 0.245 e. The van der Waals surface area contributed by atoms with Gasteiger partial charge in [-0.2, -0.15) is 4.98 Å². The predicted molar refractivity (Wildman–Crippen MR) is 64.9 cm³/mol. The first-order valence-corrected chi connectivity index (χ1v) is 6.07. The molecular weight excluding hydrogens is 230 g/mol. The van der Waals surface area contributed by atoms with Crippen LogP contribution in [0.4, 0.5) is 0 Å². The summed E-state index contributed by atoms with van der Waals surface area (Å²) in [4.78, 5) is 4.30. The van der Waals surface area contributed by atoms with E-state index in [1.165, 1.54) is 11.1 Å². The minimum Gasteiger partial charge on any atom is -0.394 e. The summed E-state index contributed by atoms with van der Waals surface area (Å²) in [6.45, 7) is -0.192. The molecule has 0 amide bonds. The smallest absolute Gasteiger partial charge is 0.245 e. The number of hydrogen-bond acceptors (Lipinski definition) is 5. The molecule has 2 atom stereocenters. The van der Waals surface area contributed by atoms with Crippen LogP contribution in [0.3, 0.4) is 0 Å². The first-order chi connectivity index (χ1) is 8.79. The van der Waals surface area contributed by atoms with E-state index < -0.39 is 6.04 Å². The first-order valence-electron chi connectivity index (χ1n) is 6.07. The molecule has 1 heterocycles. The normalized spacial score (nSPS) is 19.8. The summed E-state index contributed by atoms with van der Waals surface area (Å²) in [6, 6.07) is 7.72. The molecule has 0 saturated carbocycles. The monoisotopic (exact) mass is 245 g/mol. The molecule has 94 valence electrons.